The molecule has 0 bridgehead atoms. The highest BCUT2D eigenvalue weighted by molar-refractivity contribution is 5.88. The lowest BCUT2D eigenvalue weighted by Gasteiger charge is -2.37. The predicted octanol–water partition coefficient (Wildman–Crippen LogP) is 1.83. The van der Waals surface area contributed by atoms with E-state index in [1.165, 1.54) is 5.56 Å². The summed E-state index contributed by atoms with van der Waals surface area (Å²) in [6, 6.07) is 10.7. The Morgan fingerprint density at radius 3 is 2.19 bits per heavy atom. The molecule has 4 heterocycles. The number of rotatable bonds is 5. The highest BCUT2D eigenvalue weighted by Crippen LogP contribution is 2.27. The molecule has 0 N–H and O–H groups in total. The van der Waals surface area contributed by atoms with Gasteiger partial charge in [-0.1, -0.05) is 37.3 Å². The van der Waals surface area contributed by atoms with Crippen molar-refractivity contribution >= 4 is 22.8 Å². The van der Waals surface area contributed by atoms with Gasteiger partial charge in [-0.3, -0.25) is 9.58 Å². The Bertz CT molecular complexity index is 1000. The van der Waals surface area contributed by atoms with Gasteiger partial charge in [0.25, 0.3) is 0 Å². The predicted molar refractivity (Wildman–Crippen MR) is 125 cm³/mol. The summed E-state index contributed by atoms with van der Waals surface area (Å²) in [5.74, 6) is 1.87. The number of aryl methyl sites for hydroxylation is 1. The van der Waals surface area contributed by atoms with E-state index in [2.05, 4.69) is 62.0 Å². The summed E-state index contributed by atoms with van der Waals surface area (Å²) >= 11 is 0. The molecule has 0 radical (unpaired) electrons. The Labute approximate surface area is 184 Å². The normalized spacial score (nSPS) is 18.8. The number of nitrogens with zero attached hydrogens (tertiary/aromatic N) is 8. The monoisotopic (exact) mass is 420 g/mol. The van der Waals surface area contributed by atoms with Crippen LogP contribution in [0.25, 0.3) is 11.0 Å². The van der Waals surface area contributed by atoms with Gasteiger partial charge in [0.2, 0.25) is 5.95 Å². The first-order valence-electron chi connectivity index (χ1n) is 11.4. The van der Waals surface area contributed by atoms with Crippen molar-refractivity contribution in [2.75, 3.05) is 68.7 Å². The first-order valence-corrected chi connectivity index (χ1v) is 11.4. The Kier molecular flexibility index (Phi) is 5.74. The third kappa shape index (κ3) is 4.22. The van der Waals surface area contributed by atoms with Gasteiger partial charge >= 0.3 is 0 Å². The lowest BCUT2D eigenvalue weighted by Crippen LogP contribution is -2.48. The number of benzene rings is 1. The molecule has 0 unspecified atom stereocenters. The average molecular weight is 421 g/mol. The molecule has 0 saturated carbocycles. The minimum atomic E-state index is 0.836. The van der Waals surface area contributed by atoms with E-state index >= 15 is 0 Å². The van der Waals surface area contributed by atoms with E-state index < -0.39 is 0 Å². The molecule has 0 spiro atoms. The van der Waals surface area contributed by atoms with Crippen LogP contribution in [0.15, 0.2) is 36.5 Å². The number of hydrogen-bond acceptors (Lipinski definition) is 7. The standard InChI is InChI=1S/C23H32N8/c1-3-28-9-13-30(14-10-28)22-20-17-24-27(2)21(20)25-23(26-22)31-15-11-29(12-16-31)18-19-7-5-4-6-8-19/h4-8,17H,3,9-16,18H2,1-2H3. The number of likely N-dealkylation sites (N-methyl/N-ethyl adjacent to an activating group) is 1. The zero-order chi connectivity index (χ0) is 21.2. The Morgan fingerprint density at radius 1 is 0.806 bits per heavy atom. The van der Waals surface area contributed by atoms with Crippen LogP contribution in [0.5, 0.6) is 0 Å². The summed E-state index contributed by atoms with van der Waals surface area (Å²) in [5.41, 5.74) is 2.29. The summed E-state index contributed by atoms with van der Waals surface area (Å²) in [5, 5.41) is 5.53. The van der Waals surface area contributed by atoms with Crippen LogP contribution in [0, 0.1) is 0 Å². The van der Waals surface area contributed by atoms with Gasteiger partial charge in [0.1, 0.15) is 5.82 Å². The van der Waals surface area contributed by atoms with Gasteiger partial charge in [-0.25, -0.2) is 0 Å². The second-order valence-corrected chi connectivity index (χ2v) is 8.52. The zero-order valence-corrected chi connectivity index (χ0v) is 18.6. The van der Waals surface area contributed by atoms with Gasteiger partial charge in [0.15, 0.2) is 5.65 Å². The van der Waals surface area contributed by atoms with Crippen LogP contribution in [0.4, 0.5) is 11.8 Å². The molecule has 0 amide bonds. The molecule has 2 aromatic heterocycles. The fourth-order valence-corrected chi connectivity index (χ4v) is 4.60. The fraction of sp³-hybridized carbons (Fsp3) is 0.522. The molecule has 1 aromatic carbocycles. The van der Waals surface area contributed by atoms with Crippen molar-refractivity contribution < 1.29 is 0 Å². The molecule has 31 heavy (non-hydrogen) atoms. The number of aromatic nitrogens is 4. The van der Waals surface area contributed by atoms with Crippen LogP contribution in [-0.2, 0) is 13.6 Å². The van der Waals surface area contributed by atoms with Crippen LogP contribution >= 0.6 is 0 Å². The Balaban J connectivity index is 1.34. The molecule has 3 aromatic rings. The highest BCUT2D eigenvalue weighted by atomic mass is 15.4. The van der Waals surface area contributed by atoms with Gasteiger partial charge in [0.05, 0.1) is 11.6 Å². The molecular formula is C23H32N8. The second-order valence-electron chi connectivity index (χ2n) is 8.52. The van der Waals surface area contributed by atoms with Crippen LogP contribution in [0.3, 0.4) is 0 Å². The molecule has 164 valence electrons. The second kappa shape index (κ2) is 8.80. The molecule has 2 aliphatic heterocycles. The Hall–Kier alpha value is -2.71. The molecule has 5 rings (SSSR count). The van der Waals surface area contributed by atoms with E-state index in [0.717, 1.165) is 88.2 Å². The topological polar surface area (TPSA) is 56.6 Å². The largest absolute Gasteiger partial charge is 0.353 e. The molecular weight excluding hydrogens is 388 g/mol. The van der Waals surface area contributed by atoms with Crippen molar-refractivity contribution in [2.24, 2.45) is 7.05 Å². The van der Waals surface area contributed by atoms with Gasteiger partial charge in [0, 0.05) is 66.0 Å². The van der Waals surface area contributed by atoms with Gasteiger partial charge in [-0.2, -0.15) is 15.1 Å². The summed E-state index contributed by atoms with van der Waals surface area (Å²) in [7, 11) is 1.97. The number of piperazine rings is 2. The Morgan fingerprint density at radius 2 is 1.48 bits per heavy atom. The molecule has 2 saturated heterocycles. The van der Waals surface area contributed by atoms with E-state index in [1.54, 1.807) is 0 Å². The van der Waals surface area contributed by atoms with E-state index in [4.69, 9.17) is 9.97 Å². The van der Waals surface area contributed by atoms with Crippen molar-refractivity contribution in [3.63, 3.8) is 0 Å². The van der Waals surface area contributed by atoms with Crippen molar-refractivity contribution in [2.45, 2.75) is 13.5 Å². The minimum absolute atomic E-state index is 0.836. The molecule has 2 aliphatic rings. The van der Waals surface area contributed by atoms with E-state index in [0.29, 0.717) is 0 Å². The third-order valence-corrected chi connectivity index (χ3v) is 6.58. The van der Waals surface area contributed by atoms with Crippen LogP contribution in [0.2, 0.25) is 0 Å². The number of fused-ring (bicyclic) bond motifs is 1. The summed E-state index contributed by atoms with van der Waals surface area (Å²) in [4.78, 5) is 19.7. The molecule has 8 heteroatoms. The third-order valence-electron chi connectivity index (χ3n) is 6.58. The van der Waals surface area contributed by atoms with Crippen LogP contribution in [-0.4, -0.2) is 88.5 Å². The summed E-state index contributed by atoms with van der Waals surface area (Å²) in [6.45, 7) is 12.4. The lowest BCUT2D eigenvalue weighted by molar-refractivity contribution is 0.248. The quantitative estimate of drug-likeness (QED) is 0.624. The molecule has 8 nitrogen and oxygen atoms in total. The zero-order valence-electron chi connectivity index (χ0n) is 18.6. The summed E-state index contributed by atoms with van der Waals surface area (Å²) in [6.07, 6.45) is 1.92. The van der Waals surface area contributed by atoms with E-state index in [-0.39, 0.29) is 0 Å². The smallest absolute Gasteiger partial charge is 0.229 e. The van der Waals surface area contributed by atoms with Crippen LogP contribution < -0.4 is 9.80 Å². The van der Waals surface area contributed by atoms with Crippen molar-refractivity contribution in [3.05, 3.63) is 42.1 Å². The maximum Gasteiger partial charge on any atom is 0.229 e. The van der Waals surface area contributed by atoms with Gasteiger partial charge in [-0.05, 0) is 12.1 Å². The minimum Gasteiger partial charge on any atom is -0.353 e. The van der Waals surface area contributed by atoms with Gasteiger partial charge < -0.3 is 14.7 Å². The van der Waals surface area contributed by atoms with E-state index in [9.17, 15) is 0 Å². The van der Waals surface area contributed by atoms with Gasteiger partial charge in [-0.15, -0.1) is 0 Å². The van der Waals surface area contributed by atoms with Crippen molar-refractivity contribution in [1.29, 1.82) is 0 Å². The van der Waals surface area contributed by atoms with Crippen molar-refractivity contribution in [1.82, 2.24) is 29.5 Å². The van der Waals surface area contributed by atoms with Crippen LogP contribution in [0.1, 0.15) is 12.5 Å². The fourth-order valence-electron chi connectivity index (χ4n) is 4.60. The number of hydrogen-bond donors (Lipinski definition) is 0. The van der Waals surface area contributed by atoms with Crippen molar-refractivity contribution in [3.8, 4) is 0 Å². The molecule has 0 atom stereocenters. The first-order chi connectivity index (χ1) is 15.2. The average Bonchev–Trinajstić information content (AvgIpc) is 3.20. The molecule has 2 fully saturated rings. The number of anilines is 2. The first kappa shape index (κ1) is 20.2. The summed E-state index contributed by atoms with van der Waals surface area (Å²) < 4.78 is 1.87. The SMILES string of the molecule is CCN1CCN(c2nc(N3CCN(Cc4ccccc4)CC3)nc3c2cnn3C)CC1. The maximum absolute atomic E-state index is 5.07. The highest BCUT2D eigenvalue weighted by Gasteiger charge is 2.25. The lowest BCUT2D eigenvalue weighted by atomic mass is 10.2. The molecule has 0 aliphatic carbocycles. The van der Waals surface area contributed by atoms with E-state index in [1.807, 2.05) is 17.9 Å². The maximum atomic E-state index is 5.07.